The van der Waals surface area contributed by atoms with E-state index in [1.807, 2.05) is 32.9 Å². The Morgan fingerprint density at radius 2 is 1.68 bits per heavy atom. The van der Waals surface area contributed by atoms with Crippen LogP contribution in [-0.2, 0) is 11.3 Å². The minimum atomic E-state index is -0.288. The quantitative estimate of drug-likeness (QED) is 0.918. The number of amides is 1. The van der Waals surface area contributed by atoms with Gasteiger partial charge in [-0.05, 0) is 61.2 Å². The first-order valence-electron chi connectivity index (χ1n) is 7.17. The van der Waals surface area contributed by atoms with Crippen molar-refractivity contribution in [3.05, 3.63) is 64.5 Å². The van der Waals surface area contributed by atoms with E-state index >= 15 is 0 Å². The van der Waals surface area contributed by atoms with Crippen LogP contribution in [0.2, 0.25) is 0 Å². The van der Waals surface area contributed by atoms with Gasteiger partial charge in [0.15, 0.2) is 6.61 Å². The molecule has 0 aliphatic carbocycles. The van der Waals surface area contributed by atoms with Gasteiger partial charge in [0.25, 0.3) is 5.91 Å². The minimum Gasteiger partial charge on any atom is -0.483 e. The maximum atomic E-state index is 12.8. The van der Waals surface area contributed by atoms with E-state index in [0.717, 1.165) is 22.4 Å². The fourth-order valence-corrected chi connectivity index (χ4v) is 2.09. The number of benzene rings is 2. The maximum Gasteiger partial charge on any atom is 0.258 e. The topological polar surface area (TPSA) is 38.3 Å². The molecule has 0 heterocycles. The summed E-state index contributed by atoms with van der Waals surface area (Å²) in [5, 5.41) is 2.75. The Morgan fingerprint density at radius 3 is 2.36 bits per heavy atom. The second-order valence-electron chi connectivity index (χ2n) is 5.39. The Hall–Kier alpha value is -2.36. The Balaban J connectivity index is 1.85. The van der Waals surface area contributed by atoms with Crippen LogP contribution in [0.1, 0.15) is 22.3 Å². The van der Waals surface area contributed by atoms with Crippen molar-refractivity contribution in [1.29, 1.82) is 0 Å². The number of carbonyl (C=O) groups is 1. The first-order valence-corrected chi connectivity index (χ1v) is 7.17. The van der Waals surface area contributed by atoms with Gasteiger partial charge in [-0.1, -0.05) is 18.2 Å². The molecule has 22 heavy (non-hydrogen) atoms. The standard InChI is InChI=1S/C18H20FNO2/c1-12-8-14(3)17(9-13(12)2)22-11-18(21)20-10-15-4-6-16(19)7-5-15/h4-9H,10-11H2,1-3H3,(H,20,21). The highest BCUT2D eigenvalue weighted by Gasteiger charge is 2.06. The van der Waals surface area contributed by atoms with Crippen LogP contribution >= 0.6 is 0 Å². The molecule has 0 aliphatic rings. The number of nitrogens with one attached hydrogen (secondary N) is 1. The van der Waals surface area contributed by atoms with E-state index in [2.05, 4.69) is 5.32 Å². The summed E-state index contributed by atoms with van der Waals surface area (Å²) in [5.41, 5.74) is 4.18. The summed E-state index contributed by atoms with van der Waals surface area (Å²) >= 11 is 0. The Labute approximate surface area is 130 Å². The predicted octanol–water partition coefficient (Wildman–Crippen LogP) is 3.45. The van der Waals surface area contributed by atoms with Crippen molar-refractivity contribution < 1.29 is 13.9 Å². The zero-order valence-electron chi connectivity index (χ0n) is 13.1. The minimum absolute atomic E-state index is 0.0372. The Bertz CT molecular complexity index is 666. The summed E-state index contributed by atoms with van der Waals surface area (Å²) in [6.45, 7) is 6.33. The number of hydrogen-bond donors (Lipinski definition) is 1. The monoisotopic (exact) mass is 301 g/mol. The summed E-state index contributed by atoms with van der Waals surface area (Å²) in [5.74, 6) is 0.227. The number of ether oxygens (including phenoxy) is 1. The molecule has 2 rings (SSSR count). The highest BCUT2D eigenvalue weighted by atomic mass is 19.1. The third-order valence-corrected chi connectivity index (χ3v) is 3.55. The van der Waals surface area contributed by atoms with Gasteiger partial charge < -0.3 is 10.1 Å². The highest BCUT2D eigenvalue weighted by Crippen LogP contribution is 2.22. The lowest BCUT2D eigenvalue weighted by molar-refractivity contribution is -0.123. The van der Waals surface area contributed by atoms with Gasteiger partial charge in [-0.2, -0.15) is 0 Å². The van der Waals surface area contributed by atoms with Crippen molar-refractivity contribution in [2.45, 2.75) is 27.3 Å². The first-order chi connectivity index (χ1) is 10.5. The van der Waals surface area contributed by atoms with Crippen molar-refractivity contribution >= 4 is 5.91 Å². The molecule has 0 radical (unpaired) electrons. The first kappa shape index (κ1) is 16.0. The number of carbonyl (C=O) groups excluding carboxylic acids is 1. The van der Waals surface area contributed by atoms with Gasteiger partial charge in [-0.15, -0.1) is 0 Å². The predicted molar refractivity (Wildman–Crippen MR) is 84.4 cm³/mol. The summed E-state index contributed by atoms with van der Waals surface area (Å²) in [7, 11) is 0. The van der Waals surface area contributed by atoms with Crippen LogP contribution in [-0.4, -0.2) is 12.5 Å². The lowest BCUT2D eigenvalue weighted by atomic mass is 10.1. The molecule has 3 nitrogen and oxygen atoms in total. The van der Waals surface area contributed by atoms with Crippen LogP contribution in [0.3, 0.4) is 0 Å². The summed E-state index contributed by atoms with van der Waals surface area (Å²) in [6.07, 6.45) is 0. The molecule has 2 aromatic carbocycles. The molecule has 0 saturated carbocycles. The summed E-state index contributed by atoms with van der Waals surface area (Å²) in [4.78, 5) is 11.8. The van der Waals surface area contributed by atoms with E-state index in [0.29, 0.717) is 6.54 Å². The molecule has 1 N–H and O–H groups in total. The van der Waals surface area contributed by atoms with Crippen LogP contribution in [0.25, 0.3) is 0 Å². The molecule has 0 bridgehead atoms. The van der Waals surface area contributed by atoms with Gasteiger partial charge in [0, 0.05) is 6.54 Å². The number of hydrogen-bond acceptors (Lipinski definition) is 2. The molecule has 0 saturated heterocycles. The van der Waals surface area contributed by atoms with Gasteiger partial charge in [0.1, 0.15) is 11.6 Å². The average Bonchev–Trinajstić information content (AvgIpc) is 2.49. The van der Waals surface area contributed by atoms with Crippen molar-refractivity contribution in [2.75, 3.05) is 6.61 Å². The van der Waals surface area contributed by atoms with Gasteiger partial charge in [0.05, 0.1) is 0 Å². The van der Waals surface area contributed by atoms with Gasteiger partial charge >= 0.3 is 0 Å². The summed E-state index contributed by atoms with van der Waals surface area (Å²) in [6, 6.07) is 10.0. The Morgan fingerprint density at radius 1 is 1.05 bits per heavy atom. The van der Waals surface area contributed by atoms with E-state index in [4.69, 9.17) is 4.74 Å². The fraction of sp³-hybridized carbons (Fsp3) is 0.278. The maximum absolute atomic E-state index is 12.8. The van der Waals surface area contributed by atoms with E-state index < -0.39 is 0 Å². The van der Waals surface area contributed by atoms with Gasteiger partial charge in [-0.25, -0.2) is 4.39 Å². The molecule has 0 fully saturated rings. The molecule has 1 amide bonds. The largest absolute Gasteiger partial charge is 0.483 e. The second-order valence-corrected chi connectivity index (χ2v) is 5.39. The van der Waals surface area contributed by atoms with Crippen molar-refractivity contribution in [1.82, 2.24) is 5.32 Å². The molecule has 4 heteroatoms. The van der Waals surface area contributed by atoms with Crippen LogP contribution in [0, 0.1) is 26.6 Å². The smallest absolute Gasteiger partial charge is 0.258 e. The van der Waals surface area contributed by atoms with Crippen LogP contribution in [0.5, 0.6) is 5.75 Å². The van der Waals surface area contributed by atoms with E-state index in [1.165, 1.54) is 17.7 Å². The third kappa shape index (κ3) is 4.32. The zero-order valence-corrected chi connectivity index (χ0v) is 13.1. The lowest BCUT2D eigenvalue weighted by Gasteiger charge is -2.12. The number of rotatable bonds is 5. The number of aryl methyl sites for hydroxylation is 3. The average molecular weight is 301 g/mol. The van der Waals surface area contributed by atoms with Gasteiger partial charge in [0.2, 0.25) is 0 Å². The molecular formula is C18H20FNO2. The van der Waals surface area contributed by atoms with E-state index in [9.17, 15) is 9.18 Å². The van der Waals surface area contributed by atoms with Crippen LogP contribution < -0.4 is 10.1 Å². The second kappa shape index (κ2) is 7.07. The molecule has 0 aliphatic heterocycles. The normalized spacial score (nSPS) is 10.4. The van der Waals surface area contributed by atoms with Crippen molar-refractivity contribution in [3.8, 4) is 5.75 Å². The van der Waals surface area contributed by atoms with Crippen molar-refractivity contribution in [2.24, 2.45) is 0 Å². The molecule has 2 aromatic rings. The van der Waals surface area contributed by atoms with E-state index in [1.54, 1.807) is 12.1 Å². The highest BCUT2D eigenvalue weighted by molar-refractivity contribution is 5.77. The SMILES string of the molecule is Cc1cc(C)c(OCC(=O)NCc2ccc(F)cc2)cc1C. The third-order valence-electron chi connectivity index (χ3n) is 3.55. The van der Waals surface area contributed by atoms with Crippen LogP contribution in [0.15, 0.2) is 36.4 Å². The Kier molecular flexibility index (Phi) is 5.15. The zero-order chi connectivity index (χ0) is 16.1. The molecule has 0 aromatic heterocycles. The van der Waals surface area contributed by atoms with Crippen LogP contribution in [0.4, 0.5) is 4.39 Å². The molecular weight excluding hydrogens is 281 g/mol. The van der Waals surface area contributed by atoms with Crippen molar-refractivity contribution in [3.63, 3.8) is 0 Å². The molecule has 0 unspecified atom stereocenters. The van der Waals surface area contributed by atoms with Gasteiger partial charge in [-0.3, -0.25) is 4.79 Å². The van der Waals surface area contributed by atoms with E-state index in [-0.39, 0.29) is 18.3 Å². The number of halogens is 1. The molecule has 116 valence electrons. The summed E-state index contributed by atoms with van der Waals surface area (Å²) < 4.78 is 18.4. The molecule has 0 atom stereocenters. The fourth-order valence-electron chi connectivity index (χ4n) is 2.09. The molecule has 0 spiro atoms. The lowest BCUT2D eigenvalue weighted by Crippen LogP contribution is -2.28.